The normalized spacial score (nSPS) is 30.2. The molecule has 1 spiro atoms. The molecule has 3 aliphatic heterocycles. The number of hydrogen-bond acceptors (Lipinski definition) is 9. The van der Waals surface area contributed by atoms with Crippen LogP contribution in [0.5, 0.6) is 11.5 Å². The third-order valence-electron chi connectivity index (χ3n) is 13.2. The predicted octanol–water partition coefficient (Wildman–Crippen LogP) is 5.18. The Balaban J connectivity index is 1.18. The Morgan fingerprint density at radius 1 is 1.12 bits per heavy atom. The van der Waals surface area contributed by atoms with E-state index in [1.165, 1.54) is 9.80 Å². The minimum absolute atomic E-state index is 0.0323. The summed E-state index contributed by atoms with van der Waals surface area (Å²) in [6, 6.07) is 3.65. The Hall–Kier alpha value is -4.40. The van der Waals surface area contributed by atoms with Crippen molar-refractivity contribution < 1.29 is 42.2 Å². The van der Waals surface area contributed by atoms with Crippen LogP contribution in [0.3, 0.4) is 0 Å². The zero-order valence-electron chi connectivity index (χ0n) is 33.3. The van der Waals surface area contributed by atoms with E-state index in [1.807, 2.05) is 44.2 Å². The Morgan fingerprint density at radius 2 is 1.89 bits per heavy atom. The Labute approximate surface area is 334 Å². The number of fused-ring (bicyclic) bond motifs is 5. The van der Waals surface area contributed by atoms with Crippen molar-refractivity contribution in [3.05, 3.63) is 41.6 Å². The van der Waals surface area contributed by atoms with E-state index >= 15 is 4.79 Å². The molecule has 308 valence electrons. The van der Waals surface area contributed by atoms with Gasteiger partial charge in [-0.05, 0) is 95.2 Å². The molecule has 15 heteroatoms. The van der Waals surface area contributed by atoms with Crippen LogP contribution in [-0.2, 0) is 30.8 Å². The average Bonchev–Trinajstić information content (AvgIpc) is 4.10. The van der Waals surface area contributed by atoms with Crippen LogP contribution < -0.4 is 19.5 Å². The molecule has 4 amide bonds. The Kier molecular flexibility index (Phi) is 10.00. The van der Waals surface area contributed by atoms with Crippen molar-refractivity contribution in [1.29, 1.82) is 0 Å². The lowest BCUT2D eigenvalue weighted by Gasteiger charge is -2.38. The molecule has 4 heterocycles. The summed E-state index contributed by atoms with van der Waals surface area (Å²) >= 11 is 0. The van der Waals surface area contributed by atoms with E-state index in [9.17, 15) is 27.9 Å². The summed E-state index contributed by atoms with van der Waals surface area (Å²) in [6.07, 6.45) is 9.94. The number of nitrogens with zero attached hydrogens (tertiary/aromatic N) is 3. The highest BCUT2D eigenvalue weighted by atomic mass is 32.2. The molecule has 1 aromatic heterocycles. The molecule has 3 saturated carbocycles. The number of rotatable bonds is 8. The first-order valence-electron chi connectivity index (χ1n) is 20.6. The van der Waals surface area contributed by atoms with Crippen molar-refractivity contribution in [2.45, 2.75) is 138 Å². The monoisotopic (exact) mass is 805 g/mol. The van der Waals surface area contributed by atoms with Crippen LogP contribution in [0.15, 0.2) is 30.4 Å². The molecule has 4 fully saturated rings. The first-order valence-corrected chi connectivity index (χ1v) is 22.1. The fourth-order valence-electron chi connectivity index (χ4n) is 9.16. The largest absolute Gasteiger partial charge is 0.497 e. The molecule has 0 radical (unpaired) electrons. The smallest absolute Gasteiger partial charge is 0.407 e. The number of carbonyl (C=O) groups excluding carboxylic acids is 3. The maximum absolute atomic E-state index is 15.0. The lowest BCUT2D eigenvalue weighted by molar-refractivity contribution is -0.143. The number of carbonyl (C=O) groups is 4. The van der Waals surface area contributed by atoms with Crippen molar-refractivity contribution in [2.24, 2.45) is 11.8 Å². The van der Waals surface area contributed by atoms with E-state index in [1.54, 1.807) is 14.0 Å². The van der Waals surface area contributed by atoms with Gasteiger partial charge in [-0.15, -0.1) is 0 Å². The van der Waals surface area contributed by atoms with E-state index in [2.05, 4.69) is 10.0 Å². The molecular formula is C42H55N5O9S. The highest BCUT2D eigenvalue weighted by Crippen LogP contribution is 2.52. The molecule has 2 aromatic rings. The molecule has 14 nitrogen and oxygen atoms in total. The lowest BCUT2D eigenvalue weighted by Crippen LogP contribution is -2.59. The summed E-state index contributed by atoms with van der Waals surface area (Å²) in [5.74, 6) is -0.759. The second kappa shape index (κ2) is 14.5. The number of sulfonamides is 1. The summed E-state index contributed by atoms with van der Waals surface area (Å²) in [5, 5.41) is 14.4. The summed E-state index contributed by atoms with van der Waals surface area (Å²) in [5.41, 5.74) is 0.185. The predicted molar refractivity (Wildman–Crippen MR) is 211 cm³/mol. The Morgan fingerprint density at radius 3 is 2.58 bits per heavy atom. The van der Waals surface area contributed by atoms with Crippen LogP contribution in [-0.4, -0.2) is 100 Å². The number of ether oxygens (including phenoxy) is 2. The van der Waals surface area contributed by atoms with Gasteiger partial charge in [-0.2, -0.15) is 0 Å². The molecule has 8 rings (SSSR count). The zero-order valence-corrected chi connectivity index (χ0v) is 34.2. The quantitative estimate of drug-likeness (QED) is 0.301. The van der Waals surface area contributed by atoms with Gasteiger partial charge in [0, 0.05) is 35.8 Å². The fraction of sp³-hybridized carbons (Fsp3) is 0.643. The van der Waals surface area contributed by atoms with E-state index < -0.39 is 67.7 Å². The van der Waals surface area contributed by atoms with Gasteiger partial charge in [-0.1, -0.05) is 38.8 Å². The number of amides is 4. The van der Waals surface area contributed by atoms with Gasteiger partial charge in [0.25, 0.3) is 5.91 Å². The number of carboxylic acid groups (broad SMARTS) is 1. The second-order valence-electron chi connectivity index (χ2n) is 18.0. The third kappa shape index (κ3) is 7.33. The van der Waals surface area contributed by atoms with Crippen LogP contribution in [0.1, 0.15) is 115 Å². The average molecular weight is 806 g/mol. The third-order valence-corrected chi connectivity index (χ3v) is 15.3. The van der Waals surface area contributed by atoms with Crippen LogP contribution in [0, 0.1) is 11.8 Å². The number of nitrogens with one attached hydrogen (secondary N) is 2. The maximum Gasteiger partial charge on any atom is 0.407 e. The van der Waals surface area contributed by atoms with Gasteiger partial charge in [0.15, 0.2) is 0 Å². The molecule has 1 saturated heterocycles. The molecule has 57 heavy (non-hydrogen) atoms. The SMILES string of the molecule is COc1ccc2nc(C3CC3)c3c(c2c1)CC[C@]1(C[C@H]2C(=O)N[C@]4(C(=O)NS(=O)(=O)C5(C)CC5)C[C@H]4/C=C\CCCCC[C@H](N(CC(C)C)C(=O)O)C(=O)N2C1)O3. The van der Waals surface area contributed by atoms with E-state index in [4.69, 9.17) is 14.5 Å². The highest BCUT2D eigenvalue weighted by Gasteiger charge is 2.64. The van der Waals surface area contributed by atoms with Gasteiger partial charge in [0.2, 0.25) is 21.8 Å². The van der Waals surface area contributed by atoms with Crippen molar-refractivity contribution in [1.82, 2.24) is 24.8 Å². The number of aryl methyl sites for hydroxylation is 1. The molecule has 1 aromatic carbocycles. The molecular weight excluding hydrogens is 751 g/mol. The van der Waals surface area contributed by atoms with Crippen LogP contribution in [0.4, 0.5) is 4.79 Å². The summed E-state index contributed by atoms with van der Waals surface area (Å²) in [7, 11) is -2.38. The maximum atomic E-state index is 15.0. The number of methoxy groups -OCH3 is 1. The molecule has 3 aliphatic carbocycles. The minimum Gasteiger partial charge on any atom is -0.497 e. The van der Waals surface area contributed by atoms with Gasteiger partial charge in [-0.25, -0.2) is 18.2 Å². The first-order chi connectivity index (χ1) is 27.1. The van der Waals surface area contributed by atoms with Crippen LogP contribution in [0.25, 0.3) is 10.9 Å². The van der Waals surface area contributed by atoms with Crippen molar-refractivity contribution in [3.8, 4) is 11.5 Å². The van der Waals surface area contributed by atoms with Crippen molar-refractivity contribution in [2.75, 3.05) is 20.2 Å². The zero-order chi connectivity index (χ0) is 40.5. The number of aromatic nitrogens is 1. The molecule has 6 aliphatic rings. The molecule has 0 bridgehead atoms. The molecule has 5 atom stereocenters. The first kappa shape index (κ1) is 39.4. The Bertz CT molecular complexity index is 2130. The molecule has 3 N–H and O–H groups in total. The van der Waals surface area contributed by atoms with E-state index in [-0.39, 0.29) is 44.2 Å². The van der Waals surface area contributed by atoms with Gasteiger partial charge >= 0.3 is 6.09 Å². The van der Waals surface area contributed by atoms with Crippen molar-refractivity contribution >= 4 is 44.7 Å². The van der Waals surface area contributed by atoms with Gasteiger partial charge in [0.05, 0.1) is 29.6 Å². The summed E-state index contributed by atoms with van der Waals surface area (Å²) in [6.45, 7) is 5.57. The standard InChI is InChI=1S/C42H55N5O9S/c1-25(2)23-46(39(51)52)32-11-9-7-5-6-8-10-27-21-42(27,38(50)45-57(53,54)40(3)18-19-40)44-36(48)33-22-41(24-47(33)37(32)49)17-16-29-30-20-28(55-4)14-15-31(30)43-34(26-12-13-26)35(29)56-41/h8,10,14-15,20,25-27,32-33H,5-7,9,11-13,16-19,21-24H2,1-4H3,(H,44,48)(H,45,50)(H,51,52)/b10-8-/t27-,32+,33+,41-,42-/m1/s1. The van der Waals surface area contributed by atoms with E-state index in [0.717, 1.165) is 47.8 Å². The second-order valence-corrected chi connectivity index (χ2v) is 20.2. The van der Waals surface area contributed by atoms with Crippen LogP contribution >= 0.6 is 0 Å². The van der Waals surface area contributed by atoms with Crippen molar-refractivity contribution in [3.63, 3.8) is 0 Å². The van der Waals surface area contributed by atoms with Crippen LogP contribution in [0.2, 0.25) is 0 Å². The number of hydrogen-bond donors (Lipinski definition) is 3. The fourth-order valence-corrected chi connectivity index (χ4v) is 10.5. The number of benzene rings is 1. The van der Waals surface area contributed by atoms with Gasteiger partial charge < -0.3 is 24.8 Å². The van der Waals surface area contributed by atoms with E-state index in [0.29, 0.717) is 50.0 Å². The molecule has 0 unspecified atom stereocenters. The number of allylic oxidation sites excluding steroid dienone is 1. The summed E-state index contributed by atoms with van der Waals surface area (Å²) in [4.78, 5) is 64.5. The summed E-state index contributed by atoms with van der Waals surface area (Å²) < 4.78 is 40.4. The van der Waals surface area contributed by atoms with Gasteiger partial charge in [0.1, 0.15) is 34.7 Å². The minimum atomic E-state index is -4.00. The highest BCUT2D eigenvalue weighted by molar-refractivity contribution is 7.91. The van der Waals surface area contributed by atoms with Gasteiger partial charge in [-0.3, -0.25) is 24.0 Å². The topological polar surface area (TPSA) is 185 Å². The number of pyridine rings is 1. The lowest BCUT2D eigenvalue weighted by atomic mass is 9.86.